The predicted molar refractivity (Wildman–Crippen MR) is 101 cm³/mol. The fourth-order valence-electron chi connectivity index (χ4n) is 3.77. The van der Waals surface area contributed by atoms with Crippen molar-refractivity contribution in [1.82, 2.24) is 9.55 Å². The lowest BCUT2D eigenvalue weighted by Crippen LogP contribution is -2.29. The van der Waals surface area contributed by atoms with Gasteiger partial charge in [-0.3, -0.25) is 4.99 Å². The minimum absolute atomic E-state index is 0.639. The molecule has 6 heteroatoms. The van der Waals surface area contributed by atoms with Crippen LogP contribution in [0.15, 0.2) is 53.5 Å². The van der Waals surface area contributed by atoms with Gasteiger partial charge in [-0.2, -0.15) is 0 Å². The van der Waals surface area contributed by atoms with Crippen molar-refractivity contribution in [3.63, 3.8) is 0 Å². The van der Waals surface area contributed by atoms with Gasteiger partial charge in [0.05, 0.1) is 24.2 Å². The number of aromatic amines is 1. The number of rotatable bonds is 2. The van der Waals surface area contributed by atoms with Crippen LogP contribution in [0.4, 0.5) is 11.5 Å². The maximum Gasteiger partial charge on any atom is 0.134 e. The zero-order valence-corrected chi connectivity index (χ0v) is 14.4. The molecule has 0 bridgehead atoms. The Kier molecular flexibility index (Phi) is 2.80. The van der Waals surface area contributed by atoms with E-state index in [1.165, 1.54) is 5.52 Å². The number of nitrogens with zero attached hydrogens (tertiary/aromatic N) is 4. The Morgan fingerprint density at radius 1 is 1.20 bits per heavy atom. The topological polar surface area (TPSA) is 48.8 Å². The summed E-state index contributed by atoms with van der Waals surface area (Å²) in [4.78, 5) is 12.5. The molecular formula is C19H19N5O. The number of aryl methyl sites for hydroxylation is 1. The molecule has 1 aromatic carbocycles. The average molecular weight is 333 g/mol. The van der Waals surface area contributed by atoms with Crippen LogP contribution in [0.3, 0.4) is 0 Å². The SMILES string of the molecule is COc1ccc2c(c1)c(C1=NCN3C1=CN(C)c1[nH]ccc13)cn2C. The molecule has 0 aliphatic carbocycles. The molecule has 6 nitrogen and oxygen atoms in total. The van der Waals surface area contributed by atoms with Crippen molar-refractivity contribution >= 4 is 28.1 Å². The molecule has 0 unspecified atom stereocenters. The number of methoxy groups -OCH3 is 1. The number of fused-ring (bicyclic) bond motifs is 4. The fraction of sp³-hybridized carbons (Fsp3) is 0.211. The van der Waals surface area contributed by atoms with Crippen molar-refractivity contribution in [2.24, 2.45) is 12.0 Å². The largest absolute Gasteiger partial charge is 0.497 e. The van der Waals surface area contributed by atoms with Crippen LogP contribution in [0.1, 0.15) is 5.56 Å². The molecule has 0 spiro atoms. The van der Waals surface area contributed by atoms with Crippen LogP contribution in [-0.4, -0.2) is 36.1 Å². The normalized spacial score (nSPS) is 16.0. The standard InChI is InChI=1S/C19H19N5O/c1-22-9-14(13-8-12(25-3)4-5-15(13)22)18-17-10-23(2)19-16(6-7-20-19)24(17)11-21-18/h4-10,20H,11H2,1-3H3. The predicted octanol–water partition coefficient (Wildman–Crippen LogP) is 3.07. The highest BCUT2D eigenvalue weighted by atomic mass is 16.5. The smallest absolute Gasteiger partial charge is 0.134 e. The first-order valence-electron chi connectivity index (χ1n) is 8.25. The maximum absolute atomic E-state index is 5.42. The number of ether oxygens (including phenoxy) is 1. The lowest BCUT2D eigenvalue weighted by Gasteiger charge is -2.29. The Hall–Kier alpha value is -3.15. The first-order chi connectivity index (χ1) is 12.2. The molecular weight excluding hydrogens is 314 g/mol. The molecule has 5 rings (SSSR count). The number of aliphatic imine (C=N–C) groups is 1. The maximum atomic E-state index is 5.42. The first kappa shape index (κ1) is 14.2. The van der Waals surface area contributed by atoms with Crippen molar-refractivity contribution in [3.8, 4) is 5.75 Å². The van der Waals surface area contributed by atoms with Crippen LogP contribution in [0.2, 0.25) is 0 Å². The van der Waals surface area contributed by atoms with Gasteiger partial charge in [-0.25, -0.2) is 0 Å². The van der Waals surface area contributed by atoms with Gasteiger partial charge in [-0.15, -0.1) is 0 Å². The molecule has 4 heterocycles. The van der Waals surface area contributed by atoms with E-state index in [1.54, 1.807) is 7.11 Å². The van der Waals surface area contributed by atoms with Crippen LogP contribution in [-0.2, 0) is 7.05 Å². The van der Waals surface area contributed by atoms with Crippen LogP contribution in [0.5, 0.6) is 5.75 Å². The molecule has 0 atom stereocenters. The highest BCUT2D eigenvalue weighted by Crippen LogP contribution is 2.39. The number of allylic oxidation sites excluding steroid dienone is 1. The molecule has 2 aliphatic heterocycles. The van der Waals surface area contributed by atoms with Gasteiger partial charge >= 0.3 is 0 Å². The van der Waals surface area contributed by atoms with Crippen molar-refractivity contribution in [1.29, 1.82) is 0 Å². The van der Waals surface area contributed by atoms with Gasteiger partial charge in [0.25, 0.3) is 0 Å². The second-order valence-electron chi connectivity index (χ2n) is 6.45. The van der Waals surface area contributed by atoms with Crippen LogP contribution < -0.4 is 14.5 Å². The van der Waals surface area contributed by atoms with Gasteiger partial charge < -0.3 is 24.1 Å². The summed E-state index contributed by atoms with van der Waals surface area (Å²) in [6.45, 7) is 0.639. The quantitative estimate of drug-likeness (QED) is 0.784. The van der Waals surface area contributed by atoms with Crippen molar-refractivity contribution in [3.05, 3.63) is 54.1 Å². The third-order valence-electron chi connectivity index (χ3n) is 5.02. The Morgan fingerprint density at radius 2 is 2.08 bits per heavy atom. The van der Waals surface area contributed by atoms with Crippen LogP contribution in [0.25, 0.3) is 10.9 Å². The molecule has 0 fully saturated rings. The Bertz CT molecular complexity index is 1060. The molecule has 2 aliphatic rings. The zero-order valence-electron chi connectivity index (χ0n) is 14.4. The minimum Gasteiger partial charge on any atom is -0.497 e. The summed E-state index contributed by atoms with van der Waals surface area (Å²) in [6.07, 6.45) is 6.27. The van der Waals surface area contributed by atoms with Gasteiger partial charge in [-0.1, -0.05) is 0 Å². The number of hydrogen-bond donors (Lipinski definition) is 1. The number of benzene rings is 1. The summed E-state index contributed by atoms with van der Waals surface area (Å²) in [5, 5.41) is 1.16. The minimum atomic E-state index is 0.639. The summed E-state index contributed by atoms with van der Waals surface area (Å²) in [7, 11) is 5.82. The van der Waals surface area contributed by atoms with E-state index in [-0.39, 0.29) is 0 Å². The first-order valence-corrected chi connectivity index (χ1v) is 8.25. The van der Waals surface area contributed by atoms with Gasteiger partial charge in [0, 0.05) is 49.2 Å². The molecule has 0 saturated heterocycles. The fourth-order valence-corrected chi connectivity index (χ4v) is 3.77. The second-order valence-corrected chi connectivity index (χ2v) is 6.45. The van der Waals surface area contributed by atoms with Crippen molar-refractivity contribution < 1.29 is 4.74 Å². The molecule has 0 amide bonds. The highest BCUT2D eigenvalue weighted by molar-refractivity contribution is 6.22. The van der Waals surface area contributed by atoms with Gasteiger partial charge in [0.1, 0.15) is 18.2 Å². The van der Waals surface area contributed by atoms with Gasteiger partial charge in [0.15, 0.2) is 0 Å². The monoisotopic (exact) mass is 333 g/mol. The van der Waals surface area contributed by atoms with E-state index in [0.29, 0.717) is 6.67 Å². The number of aromatic nitrogens is 2. The van der Waals surface area contributed by atoms with E-state index in [1.807, 2.05) is 12.3 Å². The van der Waals surface area contributed by atoms with Crippen LogP contribution in [0, 0.1) is 0 Å². The molecule has 1 N–H and O–H groups in total. The molecule has 3 aromatic rings. The summed E-state index contributed by atoms with van der Waals surface area (Å²) in [6, 6.07) is 8.28. The second kappa shape index (κ2) is 4.92. The van der Waals surface area contributed by atoms with E-state index in [2.05, 4.69) is 64.0 Å². The number of nitrogens with one attached hydrogen (secondary N) is 1. The Labute approximate surface area is 145 Å². The summed E-state index contributed by atoms with van der Waals surface area (Å²) in [5.41, 5.74) is 5.63. The van der Waals surface area contributed by atoms with Gasteiger partial charge in [0.2, 0.25) is 0 Å². The molecule has 0 radical (unpaired) electrons. The molecule has 2 aromatic heterocycles. The van der Waals surface area contributed by atoms with E-state index in [4.69, 9.17) is 9.73 Å². The Balaban J connectivity index is 1.67. The Morgan fingerprint density at radius 3 is 2.92 bits per heavy atom. The highest BCUT2D eigenvalue weighted by Gasteiger charge is 2.32. The van der Waals surface area contributed by atoms with E-state index in [9.17, 15) is 0 Å². The molecule has 126 valence electrons. The number of H-pyrrole nitrogens is 1. The lowest BCUT2D eigenvalue weighted by molar-refractivity contribution is 0.415. The number of hydrogen-bond acceptors (Lipinski definition) is 4. The van der Waals surface area contributed by atoms with E-state index < -0.39 is 0 Å². The van der Waals surface area contributed by atoms with E-state index in [0.717, 1.165) is 39.6 Å². The summed E-state index contributed by atoms with van der Waals surface area (Å²) >= 11 is 0. The van der Waals surface area contributed by atoms with Crippen LogP contribution >= 0.6 is 0 Å². The average Bonchev–Trinajstić information content (AvgIpc) is 3.32. The summed E-state index contributed by atoms with van der Waals surface area (Å²) < 4.78 is 7.57. The summed E-state index contributed by atoms with van der Waals surface area (Å²) in [5.74, 6) is 1.96. The third kappa shape index (κ3) is 1.88. The molecule has 25 heavy (non-hydrogen) atoms. The number of anilines is 2. The zero-order chi connectivity index (χ0) is 17.1. The van der Waals surface area contributed by atoms with Gasteiger partial charge in [-0.05, 0) is 24.3 Å². The lowest BCUT2D eigenvalue weighted by atomic mass is 10.1. The third-order valence-corrected chi connectivity index (χ3v) is 5.02. The molecule has 0 saturated carbocycles. The van der Waals surface area contributed by atoms with E-state index >= 15 is 0 Å². The van der Waals surface area contributed by atoms with Crippen molar-refractivity contribution in [2.45, 2.75) is 0 Å². The van der Waals surface area contributed by atoms with Crippen molar-refractivity contribution in [2.75, 3.05) is 30.6 Å².